The van der Waals surface area contributed by atoms with E-state index < -0.39 is 17.2 Å². The summed E-state index contributed by atoms with van der Waals surface area (Å²) in [6.45, 7) is -0.0836. The van der Waals surface area contributed by atoms with E-state index in [0.29, 0.717) is 0 Å². The number of hydrogen-bond donors (Lipinski definition) is 0. The van der Waals surface area contributed by atoms with Crippen molar-refractivity contribution in [2.24, 2.45) is 5.11 Å². The minimum absolute atomic E-state index is 0.0836. The summed E-state index contributed by atoms with van der Waals surface area (Å²) in [5, 5.41) is 11.5. The Morgan fingerprint density at radius 2 is 2.00 bits per heavy atom. The predicted molar refractivity (Wildman–Crippen MR) is 52.0 cm³/mol. The fraction of sp³-hybridized carbons (Fsp3) is 0.100. The molecule has 0 aliphatic carbocycles. The van der Waals surface area contributed by atoms with Crippen LogP contribution in [-0.4, -0.2) is 6.54 Å². The Kier molecular flexibility index (Phi) is 3.85. The average Bonchev–Trinajstić information content (AvgIpc) is 2.24. The Labute approximate surface area is 89.7 Å². The van der Waals surface area contributed by atoms with E-state index in [1.165, 1.54) is 6.07 Å². The summed E-state index contributed by atoms with van der Waals surface area (Å²) in [7, 11) is 0. The zero-order chi connectivity index (χ0) is 12.0. The van der Waals surface area contributed by atoms with Crippen LogP contribution in [0.2, 0.25) is 0 Å². The van der Waals surface area contributed by atoms with Gasteiger partial charge < -0.3 is 0 Å². The van der Waals surface area contributed by atoms with E-state index in [2.05, 4.69) is 21.9 Å². The van der Waals surface area contributed by atoms with Crippen LogP contribution in [0.15, 0.2) is 17.2 Å². The maximum Gasteiger partial charge on any atom is 0.145 e. The summed E-state index contributed by atoms with van der Waals surface area (Å²) in [5.74, 6) is 2.89. The molecule has 4 nitrogen and oxygen atoms in total. The molecule has 0 atom stereocenters. The van der Waals surface area contributed by atoms with Gasteiger partial charge in [-0.15, -0.1) is 0 Å². The highest BCUT2D eigenvalue weighted by molar-refractivity contribution is 5.42. The highest BCUT2D eigenvalue weighted by atomic mass is 19.1. The molecule has 0 fully saturated rings. The van der Waals surface area contributed by atoms with E-state index in [4.69, 9.17) is 10.8 Å². The van der Waals surface area contributed by atoms with Crippen molar-refractivity contribution in [3.8, 4) is 17.9 Å². The Morgan fingerprint density at radius 1 is 1.38 bits per heavy atom. The number of hydrogen-bond acceptors (Lipinski definition) is 2. The quantitative estimate of drug-likeness (QED) is 0.309. The molecule has 1 aromatic carbocycles. The summed E-state index contributed by atoms with van der Waals surface area (Å²) >= 11 is 0. The molecule has 0 amide bonds. The molecule has 0 bridgehead atoms. The SMILES string of the molecule is N#Cc1c(F)cc(C#CCN=[N+]=[N-])cc1F. The summed E-state index contributed by atoms with van der Waals surface area (Å²) in [6.07, 6.45) is 0. The zero-order valence-electron chi connectivity index (χ0n) is 7.91. The molecule has 16 heavy (non-hydrogen) atoms. The Bertz CT molecular complexity index is 533. The van der Waals surface area contributed by atoms with Gasteiger partial charge in [0.1, 0.15) is 23.3 Å². The molecule has 0 unspecified atom stereocenters. The molecule has 0 radical (unpaired) electrons. The molecule has 1 rings (SSSR count). The van der Waals surface area contributed by atoms with Gasteiger partial charge in [-0.1, -0.05) is 17.0 Å². The van der Waals surface area contributed by atoms with Crippen LogP contribution in [0.1, 0.15) is 11.1 Å². The van der Waals surface area contributed by atoms with Crippen molar-refractivity contribution in [3.05, 3.63) is 45.3 Å². The Morgan fingerprint density at radius 3 is 2.50 bits per heavy atom. The van der Waals surface area contributed by atoms with Crippen LogP contribution < -0.4 is 0 Å². The van der Waals surface area contributed by atoms with Crippen LogP contribution in [0, 0.1) is 34.8 Å². The van der Waals surface area contributed by atoms with Gasteiger partial charge in [-0.05, 0) is 17.7 Å². The van der Waals surface area contributed by atoms with Crippen molar-refractivity contribution in [2.45, 2.75) is 0 Å². The first kappa shape index (κ1) is 11.5. The molecule has 1 aromatic rings. The first-order chi connectivity index (χ1) is 7.69. The first-order valence-electron chi connectivity index (χ1n) is 4.08. The average molecular weight is 218 g/mol. The lowest BCUT2D eigenvalue weighted by Crippen LogP contribution is -1.91. The summed E-state index contributed by atoms with van der Waals surface area (Å²) < 4.78 is 26.1. The second-order valence-corrected chi connectivity index (χ2v) is 2.62. The second kappa shape index (κ2) is 5.35. The molecule has 6 heteroatoms. The molecular formula is C10H4F2N4. The molecule has 0 spiro atoms. The van der Waals surface area contributed by atoms with Crippen molar-refractivity contribution in [3.63, 3.8) is 0 Å². The van der Waals surface area contributed by atoms with Gasteiger partial charge in [-0.3, -0.25) is 0 Å². The fourth-order valence-corrected chi connectivity index (χ4v) is 0.961. The van der Waals surface area contributed by atoms with Gasteiger partial charge in [0.25, 0.3) is 0 Å². The normalized spacial score (nSPS) is 8.31. The highest BCUT2D eigenvalue weighted by Crippen LogP contribution is 2.13. The van der Waals surface area contributed by atoms with Crippen molar-refractivity contribution in [2.75, 3.05) is 6.54 Å². The van der Waals surface area contributed by atoms with Crippen LogP contribution in [0.4, 0.5) is 8.78 Å². The number of halogens is 2. The molecular weight excluding hydrogens is 214 g/mol. The first-order valence-corrected chi connectivity index (χ1v) is 4.08. The third-order valence-corrected chi connectivity index (χ3v) is 1.60. The van der Waals surface area contributed by atoms with Crippen molar-refractivity contribution < 1.29 is 8.78 Å². The lowest BCUT2D eigenvalue weighted by Gasteiger charge is -1.96. The zero-order valence-corrected chi connectivity index (χ0v) is 7.91. The van der Waals surface area contributed by atoms with Gasteiger partial charge in [-0.2, -0.15) is 5.26 Å². The summed E-state index contributed by atoms with van der Waals surface area (Å²) in [6, 6.07) is 3.30. The Balaban J connectivity index is 3.04. The molecule has 0 aromatic heterocycles. The van der Waals surface area contributed by atoms with Gasteiger partial charge in [0, 0.05) is 10.5 Å². The molecule has 78 valence electrons. The molecule has 0 aliphatic heterocycles. The van der Waals surface area contributed by atoms with Gasteiger partial charge >= 0.3 is 0 Å². The van der Waals surface area contributed by atoms with Crippen molar-refractivity contribution >= 4 is 0 Å². The monoisotopic (exact) mass is 218 g/mol. The van der Waals surface area contributed by atoms with Gasteiger partial charge in [-0.25, -0.2) is 8.78 Å². The second-order valence-electron chi connectivity index (χ2n) is 2.62. The third kappa shape index (κ3) is 2.71. The van der Waals surface area contributed by atoms with Crippen molar-refractivity contribution in [1.29, 1.82) is 5.26 Å². The maximum absolute atomic E-state index is 13.1. The van der Waals surface area contributed by atoms with E-state index in [1.54, 1.807) is 0 Å². The number of azide groups is 1. The maximum atomic E-state index is 13.1. The predicted octanol–water partition coefficient (Wildman–Crippen LogP) is 2.50. The standard InChI is InChI=1S/C10H4F2N4/c11-9-4-7(2-1-3-15-16-14)5-10(12)8(9)6-13/h4-5H,3H2. The fourth-order valence-electron chi connectivity index (χ4n) is 0.961. The van der Waals surface area contributed by atoms with Crippen LogP contribution in [0.3, 0.4) is 0 Å². The number of nitrogens with zero attached hydrogens (tertiary/aromatic N) is 4. The lowest BCUT2D eigenvalue weighted by atomic mass is 10.1. The largest absolute Gasteiger partial charge is 0.205 e. The van der Waals surface area contributed by atoms with Crippen LogP contribution in [0.5, 0.6) is 0 Å². The molecule has 0 saturated heterocycles. The molecule has 0 aliphatic rings. The highest BCUT2D eigenvalue weighted by Gasteiger charge is 2.09. The van der Waals surface area contributed by atoms with E-state index in [9.17, 15) is 8.78 Å². The number of benzene rings is 1. The third-order valence-electron chi connectivity index (χ3n) is 1.60. The molecule has 0 saturated carbocycles. The van der Waals surface area contributed by atoms with Crippen LogP contribution in [0.25, 0.3) is 10.4 Å². The van der Waals surface area contributed by atoms with Gasteiger partial charge in [0.15, 0.2) is 0 Å². The topological polar surface area (TPSA) is 72.5 Å². The number of nitriles is 1. The van der Waals surface area contributed by atoms with Crippen molar-refractivity contribution in [1.82, 2.24) is 0 Å². The van der Waals surface area contributed by atoms with E-state index in [1.807, 2.05) is 0 Å². The summed E-state index contributed by atoms with van der Waals surface area (Å²) in [5.41, 5.74) is 7.40. The Hall–Kier alpha value is -2.56. The minimum atomic E-state index is -0.962. The minimum Gasteiger partial charge on any atom is -0.205 e. The van der Waals surface area contributed by atoms with E-state index in [0.717, 1.165) is 12.1 Å². The van der Waals surface area contributed by atoms with Crippen LogP contribution >= 0.6 is 0 Å². The van der Waals surface area contributed by atoms with Crippen LogP contribution in [-0.2, 0) is 0 Å². The van der Waals surface area contributed by atoms with Gasteiger partial charge in [0.05, 0.1) is 6.54 Å². The van der Waals surface area contributed by atoms with Gasteiger partial charge in [0.2, 0.25) is 0 Å². The molecule has 0 N–H and O–H groups in total. The summed E-state index contributed by atoms with van der Waals surface area (Å²) in [4.78, 5) is 2.46. The molecule has 0 heterocycles. The van der Waals surface area contributed by atoms with E-state index in [-0.39, 0.29) is 12.1 Å². The lowest BCUT2D eigenvalue weighted by molar-refractivity contribution is 0.576. The smallest absolute Gasteiger partial charge is 0.145 e. The number of rotatable bonds is 1. The van der Waals surface area contributed by atoms with E-state index >= 15 is 0 Å².